The number of aliphatic hydroxyl groups excluding tert-OH is 1. The van der Waals surface area contributed by atoms with Crippen LogP contribution in [0.5, 0.6) is 0 Å². The van der Waals surface area contributed by atoms with Crippen LogP contribution in [0, 0.1) is 0 Å². The maximum Gasteiger partial charge on any atom is 0.228 e. The lowest BCUT2D eigenvalue weighted by Gasteiger charge is -2.14. The molecule has 15 heavy (non-hydrogen) atoms. The number of nitrogens with two attached hydrogens (primary N) is 1. The fourth-order valence-electron chi connectivity index (χ4n) is 1.09. The third kappa shape index (κ3) is 3.58. The lowest BCUT2D eigenvalue weighted by molar-refractivity contribution is -0.129. The molecule has 0 unspecified atom stereocenters. The molecule has 5 nitrogen and oxygen atoms in total. The van der Waals surface area contributed by atoms with Crippen molar-refractivity contribution in [3.63, 3.8) is 0 Å². The van der Waals surface area contributed by atoms with Gasteiger partial charge in [0.2, 0.25) is 5.91 Å². The van der Waals surface area contributed by atoms with Crippen molar-refractivity contribution < 1.29 is 9.90 Å². The van der Waals surface area contributed by atoms with Gasteiger partial charge in [0.05, 0.1) is 18.7 Å². The van der Waals surface area contributed by atoms with Gasteiger partial charge in [0.15, 0.2) is 0 Å². The molecule has 0 spiro atoms. The Morgan fingerprint density at radius 3 is 3.00 bits per heavy atom. The fraction of sp³-hybridized carbons (Fsp3) is 0.556. The second-order valence-corrected chi connectivity index (χ2v) is 4.10. The number of rotatable bonds is 5. The maximum absolute atomic E-state index is 11.5. The molecule has 6 heteroatoms. The highest BCUT2D eigenvalue weighted by Gasteiger charge is 2.11. The number of amides is 1. The van der Waals surface area contributed by atoms with Gasteiger partial charge in [0.25, 0.3) is 0 Å². The van der Waals surface area contributed by atoms with Crippen LogP contribution in [0.3, 0.4) is 0 Å². The van der Waals surface area contributed by atoms with Crippen molar-refractivity contribution in [3.05, 3.63) is 16.1 Å². The highest BCUT2D eigenvalue weighted by molar-refractivity contribution is 7.09. The van der Waals surface area contributed by atoms with Crippen LogP contribution in [-0.2, 0) is 17.8 Å². The van der Waals surface area contributed by atoms with Crippen molar-refractivity contribution >= 4 is 17.2 Å². The summed E-state index contributed by atoms with van der Waals surface area (Å²) in [5.41, 5.74) is 6.17. The van der Waals surface area contributed by atoms with Gasteiger partial charge in [-0.05, 0) is 0 Å². The van der Waals surface area contributed by atoms with Gasteiger partial charge in [-0.1, -0.05) is 0 Å². The molecule has 0 atom stereocenters. The number of thiazole rings is 1. The zero-order valence-corrected chi connectivity index (χ0v) is 9.46. The smallest absolute Gasteiger partial charge is 0.228 e. The van der Waals surface area contributed by atoms with E-state index in [2.05, 4.69) is 4.98 Å². The quantitative estimate of drug-likeness (QED) is 0.719. The normalized spacial score (nSPS) is 10.3. The van der Waals surface area contributed by atoms with Crippen LogP contribution >= 0.6 is 11.3 Å². The second-order valence-electron chi connectivity index (χ2n) is 3.15. The fourth-order valence-corrected chi connectivity index (χ4v) is 1.76. The third-order valence-electron chi connectivity index (χ3n) is 1.97. The summed E-state index contributed by atoms with van der Waals surface area (Å²) in [5.74, 6) is -0.0436. The van der Waals surface area contributed by atoms with E-state index in [9.17, 15) is 4.79 Å². The van der Waals surface area contributed by atoms with Crippen molar-refractivity contribution in [1.82, 2.24) is 9.88 Å². The first kappa shape index (κ1) is 12.1. The van der Waals surface area contributed by atoms with Crippen LogP contribution in [0.25, 0.3) is 0 Å². The Balaban J connectivity index is 2.50. The van der Waals surface area contributed by atoms with E-state index in [0.717, 1.165) is 10.7 Å². The summed E-state index contributed by atoms with van der Waals surface area (Å²) < 4.78 is 0. The van der Waals surface area contributed by atoms with Crippen molar-refractivity contribution in [1.29, 1.82) is 0 Å². The largest absolute Gasteiger partial charge is 0.395 e. The average Bonchev–Trinajstić information content (AvgIpc) is 2.66. The summed E-state index contributed by atoms with van der Waals surface area (Å²) in [5, 5.41) is 11.3. The molecule has 0 aliphatic heterocycles. The van der Waals surface area contributed by atoms with E-state index in [1.807, 2.05) is 5.38 Å². The van der Waals surface area contributed by atoms with Gasteiger partial charge in [0, 0.05) is 25.5 Å². The van der Waals surface area contributed by atoms with E-state index >= 15 is 0 Å². The lowest BCUT2D eigenvalue weighted by atomic mass is 10.3. The molecule has 3 N–H and O–H groups in total. The first-order valence-electron chi connectivity index (χ1n) is 4.65. The number of aromatic nitrogens is 1. The molecule has 1 aromatic rings. The number of aliphatic hydroxyl groups is 1. The molecule has 0 aliphatic rings. The standard InChI is InChI=1S/C9H15N3O2S/c1-12(2-3-13)9(14)4-7-6-15-8(5-10)11-7/h6,13H,2-5,10H2,1H3. The molecule has 1 aromatic heterocycles. The number of carbonyl (C=O) groups excluding carboxylic acids is 1. The van der Waals surface area contributed by atoms with Gasteiger partial charge in [-0.3, -0.25) is 4.79 Å². The summed E-state index contributed by atoms with van der Waals surface area (Å²) in [6.45, 7) is 0.741. The van der Waals surface area contributed by atoms with Crippen LogP contribution in [0.2, 0.25) is 0 Å². The minimum absolute atomic E-state index is 0.0205. The van der Waals surface area contributed by atoms with Gasteiger partial charge in [-0.25, -0.2) is 4.98 Å². The Hall–Kier alpha value is -0.980. The van der Waals surface area contributed by atoms with Crippen LogP contribution in [0.15, 0.2) is 5.38 Å². The topological polar surface area (TPSA) is 79.5 Å². The van der Waals surface area contributed by atoms with E-state index < -0.39 is 0 Å². The summed E-state index contributed by atoms with van der Waals surface area (Å²) >= 11 is 1.46. The van der Waals surface area contributed by atoms with E-state index in [4.69, 9.17) is 10.8 Å². The number of hydrogen-bond acceptors (Lipinski definition) is 5. The highest BCUT2D eigenvalue weighted by atomic mass is 32.1. The Labute approximate surface area is 92.5 Å². The van der Waals surface area contributed by atoms with Crippen LogP contribution in [-0.4, -0.2) is 41.1 Å². The number of carbonyl (C=O) groups is 1. The SMILES string of the molecule is CN(CCO)C(=O)Cc1csc(CN)n1. The van der Waals surface area contributed by atoms with Gasteiger partial charge >= 0.3 is 0 Å². The van der Waals surface area contributed by atoms with Gasteiger partial charge < -0.3 is 15.7 Å². The predicted octanol–water partition coefficient (Wildman–Crippen LogP) is -0.405. The summed E-state index contributed by atoms with van der Waals surface area (Å²) in [6.07, 6.45) is 0.271. The zero-order valence-electron chi connectivity index (χ0n) is 8.64. The molecule has 0 saturated carbocycles. The molecule has 1 amide bonds. The molecule has 1 rings (SSSR count). The van der Waals surface area contributed by atoms with E-state index in [1.165, 1.54) is 16.2 Å². The Kier molecular flexibility index (Phi) is 4.67. The van der Waals surface area contributed by atoms with Crippen LogP contribution in [0.4, 0.5) is 0 Å². The van der Waals surface area contributed by atoms with E-state index in [1.54, 1.807) is 7.05 Å². The maximum atomic E-state index is 11.5. The van der Waals surface area contributed by atoms with E-state index in [0.29, 0.717) is 13.1 Å². The Morgan fingerprint density at radius 1 is 1.73 bits per heavy atom. The molecule has 0 bridgehead atoms. The number of nitrogens with zero attached hydrogens (tertiary/aromatic N) is 2. The Morgan fingerprint density at radius 2 is 2.47 bits per heavy atom. The molecular formula is C9H15N3O2S. The second kappa shape index (κ2) is 5.79. The molecule has 0 saturated heterocycles. The summed E-state index contributed by atoms with van der Waals surface area (Å²) in [4.78, 5) is 17.2. The minimum Gasteiger partial charge on any atom is -0.395 e. The molecule has 0 fully saturated rings. The molecule has 84 valence electrons. The molecule has 0 aromatic carbocycles. The molecule has 0 aliphatic carbocycles. The molecular weight excluding hydrogens is 214 g/mol. The highest BCUT2D eigenvalue weighted by Crippen LogP contribution is 2.09. The van der Waals surface area contributed by atoms with Crippen molar-refractivity contribution in [2.24, 2.45) is 5.73 Å². The van der Waals surface area contributed by atoms with Crippen molar-refractivity contribution in [3.8, 4) is 0 Å². The first-order valence-corrected chi connectivity index (χ1v) is 5.53. The zero-order chi connectivity index (χ0) is 11.3. The number of likely N-dealkylation sites (N-methyl/N-ethyl adjacent to an activating group) is 1. The summed E-state index contributed by atoms with van der Waals surface area (Å²) in [7, 11) is 1.66. The predicted molar refractivity (Wildman–Crippen MR) is 58.4 cm³/mol. The van der Waals surface area contributed by atoms with Gasteiger partial charge in [-0.2, -0.15) is 0 Å². The average molecular weight is 229 g/mol. The monoisotopic (exact) mass is 229 g/mol. The molecule has 0 radical (unpaired) electrons. The third-order valence-corrected chi connectivity index (χ3v) is 2.89. The van der Waals surface area contributed by atoms with E-state index in [-0.39, 0.29) is 18.9 Å². The Bertz CT molecular complexity index is 327. The lowest BCUT2D eigenvalue weighted by Crippen LogP contribution is -2.30. The van der Waals surface area contributed by atoms with Crippen molar-refractivity contribution in [2.75, 3.05) is 20.2 Å². The van der Waals surface area contributed by atoms with Gasteiger partial charge in [-0.15, -0.1) is 11.3 Å². The van der Waals surface area contributed by atoms with Crippen LogP contribution in [0.1, 0.15) is 10.7 Å². The first-order chi connectivity index (χ1) is 7.17. The molecule has 1 heterocycles. The summed E-state index contributed by atoms with van der Waals surface area (Å²) in [6, 6.07) is 0. The van der Waals surface area contributed by atoms with Crippen LogP contribution < -0.4 is 5.73 Å². The minimum atomic E-state index is -0.0436. The number of hydrogen-bond donors (Lipinski definition) is 2. The van der Waals surface area contributed by atoms with Crippen molar-refractivity contribution in [2.45, 2.75) is 13.0 Å². The van der Waals surface area contributed by atoms with Gasteiger partial charge in [0.1, 0.15) is 5.01 Å².